The highest BCUT2D eigenvalue weighted by molar-refractivity contribution is 7.80. The van der Waals surface area contributed by atoms with Gasteiger partial charge < -0.3 is 0 Å². The maximum Gasteiger partial charge on any atom is 0.157 e. The lowest BCUT2D eigenvalue weighted by molar-refractivity contribution is 0.196. The molecule has 0 aliphatic carbocycles. The van der Waals surface area contributed by atoms with Gasteiger partial charge in [0.15, 0.2) is 11.1 Å². The van der Waals surface area contributed by atoms with Crippen LogP contribution >= 0.6 is 0 Å². The molecular formula is C7H10O2S. The molecule has 0 aromatic rings. The Morgan fingerprint density at radius 3 is 2.60 bits per heavy atom. The second-order valence-corrected chi connectivity index (χ2v) is 4.17. The average Bonchev–Trinajstić information content (AvgIpc) is 2.04. The first-order valence-electron chi connectivity index (χ1n) is 3.08. The van der Waals surface area contributed by atoms with Crippen molar-refractivity contribution in [2.75, 3.05) is 5.75 Å². The van der Waals surface area contributed by atoms with E-state index in [1.807, 2.05) is 13.8 Å². The van der Waals surface area contributed by atoms with Gasteiger partial charge in [0.1, 0.15) is 6.10 Å². The summed E-state index contributed by atoms with van der Waals surface area (Å²) in [6.07, 6.45) is 4.88. The SMILES string of the molecule is C#CC1OS(=O)CC1(C)C. The lowest BCUT2D eigenvalue weighted by atomic mass is 9.90. The van der Waals surface area contributed by atoms with Crippen molar-refractivity contribution in [3.63, 3.8) is 0 Å². The second kappa shape index (κ2) is 2.37. The van der Waals surface area contributed by atoms with Gasteiger partial charge >= 0.3 is 0 Å². The van der Waals surface area contributed by atoms with E-state index in [0.29, 0.717) is 5.75 Å². The van der Waals surface area contributed by atoms with Crippen molar-refractivity contribution in [1.29, 1.82) is 0 Å². The predicted molar refractivity (Wildman–Crippen MR) is 40.5 cm³/mol. The van der Waals surface area contributed by atoms with E-state index in [9.17, 15) is 4.21 Å². The smallest absolute Gasteiger partial charge is 0.157 e. The van der Waals surface area contributed by atoms with Crippen LogP contribution in [-0.4, -0.2) is 16.1 Å². The van der Waals surface area contributed by atoms with Crippen molar-refractivity contribution in [2.24, 2.45) is 5.41 Å². The van der Waals surface area contributed by atoms with Crippen LogP contribution in [0.25, 0.3) is 0 Å². The molecule has 0 saturated carbocycles. The minimum Gasteiger partial charge on any atom is -0.273 e. The fraction of sp³-hybridized carbons (Fsp3) is 0.714. The highest BCUT2D eigenvalue weighted by atomic mass is 32.2. The minimum absolute atomic E-state index is 0.125. The average molecular weight is 158 g/mol. The molecule has 2 nitrogen and oxygen atoms in total. The molecule has 0 spiro atoms. The molecule has 0 bridgehead atoms. The molecule has 0 amide bonds. The lowest BCUT2D eigenvalue weighted by Crippen LogP contribution is -2.24. The first kappa shape index (κ1) is 7.77. The van der Waals surface area contributed by atoms with Crippen LogP contribution in [0.4, 0.5) is 0 Å². The van der Waals surface area contributed by atoms with Crippen LogP contribution in [0.3, 0.4) is 0 Å². The van der Waals surface area contributed by atoms with Crippen LogP contribution in [0.5, 0.6) is 0 Å². The summed E-state index contributed by atoms with van der Waals surface area (Å²) in [6, 6.07) is 0. The largest absolute Gasteiger partial charge is 0.273 e. The summed E-state index contributed by atoms with van der Waals surface area (Å²) in [5.74, 6) is 3.01. The van der Waals surface area contributed by atoms with Gasteiger partial charge in [-0.1, -0.05) is 19.8 Å². The molecule has 1 rings (SSSR count). The van der Waals surface area contributed by atoms with Crippen LogP contribution in [0, 0.1) is 17.8 Å². The van der Waals surface area contributed by atoms with E-state index in [4.69, 9.17) is 10.6 Å². The van der Waals surface area contributed by atoms with E-state index in [2.05, 4.69) is 5.92 Å². The molecule has 10 heavy (non-hydrogen) atoms. The maximum absolute atomic E-state index is 10.8. The molecule has 1 aliphatic heterocycles. The first-order valence-corrected chi connectivity index (χ1v) is 4.32. The fourth-order valence-electron chi connectivity index (χ4n) is 0.904. The summed E-state index contributed by atoms with van der Waals surface area (Å²) in [5.41, 5.74) is -0.125. The van der Waals surface area contributed by atoms with Crippen molar-refractivity contribution in [2.45, 2.75) is 20.0 Å². The molecular weight excluding hydrogens is 148 g/mol. The Morgan fingerprint density at radius 1 is 1.80 bits per heavy atom. The fourth-order valence-corrected chi connectivity index (χ4v) is 2.26. The van der Waals surface area contributed by atoms with Gasteiger partial charge in [-0.15, -0.1) is 6.42 Å². The molecule has 0 aromatic heterocycles. The van der Waals surface area contributed by atoms with E-state index >= 15 is 0 Å². The Bertz CT molecular complexity index is 202. The van der Waals surface area contributed by atoms with Crippen LogP contribution in [0.1, 0.15) is 13.8 Å². The zero-order valence-electron chi connectivity index (χ0n) is 6.09. The van der Waals surface area contributed by atoms with E-state index in [-0.39, 0.29) is 11.5 Å². The van der Waals surface area contributed by atoms with Gasteiger partial charge in [-0.05, 0) is 0 Å². The number of hydrogen-bond acceptors (Lipinski definition) is 2. The summed E-state index contributed by atoms with van der Waals surface area (Å²) in [4.78, 5) is 0. The topological polar surface area (TPSA) is 26.3 Å². The third-order valence-corrected chi connectivity index (χ3v) is 2.94. The highest BCUT2D eigenvalue weighted by Gasteiger charge is 2.39. The molecule has 0 aromatic carbocycles. The Kier molecular flexibility index (Phi) is 1.84. The van der Waals surface area contributed by atoms with Crippen LogP contribution in [0.2, 0.25) is 0 Å². The van der Waals surface area contributed by atoms with Crippen LogP contribution < -0.4 is 0 Å². The van der Waals surface area contributed by atoms with E-state index in [1.54, 1.807) is 0 Å². The second-order valence-electron chi connectivity index (χ2n) is 3.08. The molecule has 56 valence electrons. The van der Waals surface area contributed by atoms with E-state index in [1.165, 1.54) is 0 Å². The third kappa shape index (κ3) is 1.23. The van der Waals surface area contributed by atoms with Gasteiger partial charge in [-0.3, -0.25) is 4.18 Å². The Hall–Kier alpha value is -0.330. The maximum atomic E-state index is 10.8. The van der Waals surface area contributed by atoms with Gasteiger partial charge in [0.25, 0.3) is 0 Å². The van der Waals surface area contributed by atoms with Crippen molar-refractivity contribution in [3.05, 3.63) is 0 Å². The number of rotatable bonds is 0. The summed E-state index contributed by atoms with van der Waals surface area (Å²) < 4.78 is 15.8. The predicted octanol–water partition coefficient (Wildman–Crippen LogP) is 0.708. The van der Waals surface area contributed by atoms with E-state index in [0.717, 1.165) is 0 Å². The van der Waals surface area contributed by atoms with Gasteiger partial charge in [-0.2, -0.15) is 0 Å². The number of terminal acetylenes is 1. The Balaban J connectivity index is 2.79. The summed E-state index contributed by atoms with van der Waals surface area (Å²) >= 11 is -1.16. The Morgan fingerprint density at radius 2 is 2.40 bits per heavy atom. The molecule has 0 radical (unpaired) electrons. The molecule has 1 aliphatic rings. The van der Waals surface area contributed by atoms with Gasteiger partial charge in [0.05, 0.1) is 5.75 Å². The van der Waals surface area contributed by atoms with Crippen molar-refractivity contribution >= 4 is 11.1 Å². The first-order chi connectivity index (χ1) is 4.56. The van der Waals surface area contributed by atoms with E-state index < -0.39 is 11.1 Å². The zero-order chi connectivity index (χ0) is 7.78. The van der Waals surface area contributed by atoms with Crippen molar-refractivity contribution < 1.29 is 8.39 Å². The molecule has 2 atom stereocenters. The van der Waals surface area contributed by atoms with Crippen LogP contribution in [-0.2, 0) is 15.3 Å². The molecule has 1 heterocycles. The highest BCUT2D eigenvalue weighted by Crippen LogP contribution is 2.31. The zero-order valence-corrected chi connectivity index (χ0v) is 6.90. The summed E-state index contributed by atoms with van der Waals surface area (Å²) in [7, 11) is 0. The summed E-state index contributed by atoms with van der Waals surface area (Å²) in [5, 5.41) is 0. The lowest BCUT2D eigenvalue weighted by Gasteiger charge is -2.17. The minimum atomic E-state index is -1.16. The summed E-state index contributed by atoms with van der Waals surface area (Å²) in [6.45, 7) is 3.92. The molecule has 0 N–H and O–H groups in total. The molecule has 1 saturated heterocycles. The monoisotopic (exact) mass is 158 g/mol. The molecule has 3 heteroatoms. The van der Waals surface area contributed by atoms with Crippen molar-refractivity contribution in [1.82, 2.24) is 0 Å². The standard InChI is InChI=1S/C7H10O2S/c1-4-6-7(2,3)5-10(8)9-6/h1,6H,5H2,2-3H3. The van der Waals surface area contributed by atoms with Crippen LogP contribution in [0.15, 0.2) is 0 Å². The van der Waals surface area contributed by atoms with Crippen molar-refractivity contribution in [3.8, 4) is 12.3 Å². The normalized spacial score (nSPS) is 37.3. The quantitative estimate of drug-likeness (QED) is 0.485. The van der Waals surface area contributed by atoms with Gasteiger partial charge in [-0.25, -0.2) is 4.21 Å². The Labute approximate surface area is 63.6 Å². The number of hydrogen-bond donors (Lipinski definition) is 0. The molecule has 1 fully saturated rings. The third-order valence-electron chi connectivity index (χ3n) is 1.55. The van der Waals surface area contributed by atoms with Gasteiger partial charge in [0.2, 0.25) is 0 Å². The molecule has 2 unspecified atom stereocenters. The van der Waals surface area contributed by atoms with Gasteiger partial charge in [0, 0.05) is 5.41 Å².